The molecule has 0 spiro atoms. The van der Waals surface area contributed by atoms with Crippen LogP contribution in [-0.4, -0.2) is 21.5 Å². The maximum atomic E-state index is 11.3. The van der Waals surface area contributed by atoms with Gasteiger partial charge in [-0.15, -0.1) is 0 Å². The molecule has 176 valence electrons. The molecule has 3 aromatic carbocycles. The van der Waals surface area contributed by atoms with Crippen LogP contribution in [0, 0.1) is 0 Å². The van der Waals surface area contributed by atoms with Crippen molar-refractivity contribution in [1.29, 1.82) is 0 Å². The molecule has 8 heteroatoms. The summed E-state index contributed by atoms with van der Waals surface area (Å²) in [5.41, 5.74) is 2.34. The molecule has 4 rings (SSSR count). The Kier molecular flexibility index (Phi) is 9.47. The molecule has 1 N–H and O–H groups in total. The Hall–Kier alpha value is -1.76. The Morgan fingerprint density at radius 3 is 2.21 bits per heavy atom. The number of nitrogens with one attached hydrogen (secondary N) is 1. The summed E-state index contributed by atoms with van der Waals surface area (Å²) in [7, 11) is -3.26. The van der Waals surface area contributed by atoms with Crippen LogP contribution >= 0.6 is 34.8 Å². The van der Waals surface area contributed by atoms with Crippen molar-refractivity contribution in [3.8, 4) is 0 Å². The van der Waals surface area contributed by atoms with Gasteiger partial charge in [0.2, 0.25) is 10.0 Å². The van der Waals surface area contributed by atoms with Crippen LogP contribution in [0.15, 0.2) is 77.7 Å². The summed E-state index contributed by atoms with van der Waals surface area (Å²) in [6.45, 7) is 3.20. The van der Waals surface area contributed by atoms with E-state index in [0.717, 1.165) is 28.6 Å². The third kappa shape index (κ3) is 7.11. The average Bonchev–Trinajstić information content (AvgIpc) is 2.81. The van der Waals surface area contributed by atoms with Crippen molar-refractivity contribution >= 4 is 50.5 Å². The largest absolute Gasteiger partial charge is 0.364 e. The number of halogens is 3. The minimum absolute atomic E-state index is 0.296. The summed E-state index contributed by atoms with van der Waals surface area (Å²) in [6.07, 6.45) is 3.52. The molecule has 0 aliphatic carbocycles. The van der Waals surface area contributed by atoms with E-state index in [-0.39, 0.29) is 0 Å². The lowest BCUT2D eigenvalue weighted by atomic mass is 9.94. The first-order valence-electron chi connectivity index (χ1n) is 10.8. The van der Waals surface area contributed by atoms with E-state index in [1.807, 2.05) is 30.3 Å². The lowest BCUT2D eigenvalue weighted by Gasteiger charge is -2.38. The van der Waals surface area contributed by atoms with Crippen molar-refractivity contribution in [3.63, 3.8) is 0 Å². The van der Waals surface area contributed by atoms with Gasteiger partial charge in [-0.25, -0.2) is 13.1 Å². The molecule has 0 saturated carbocycles. The fourth-order valence-electron chi connectivity index (χ4n) is 3.84. The number of nitrogens with zero attached hydrogens (tertiary/aromatic N) is 1. The van der Waals surface area contributed by atoms with Crippen molar-refractivity contribution in [2.75, 3.05) is 18.0 Å². The van der Waals surface area contributed by atoms with Gasteiger partial charge in [-0.3, -0.25) is 0 Å². The van der Waals surface area contributed by atoms with Gasteiger partial charge in [0.05, 0.1) is 10.9 Å². The fraction of sp³-hybridized carbons (Fsp3) is 0.280. The molecule has 0 bridgehead atoms. The molecule has 1 heterocycles. The highest BCUT2D eigenvalue weighted by atomic mass is 35.5. The standard InChI is InChI=1S/C17H16Cl3N.C8H11NO2S/c18-12-4-7-14(8-5-12)21-10-2-1-3-17(21)15-9-6-13(19)11-16(15)20;1-2-9-12(10,11)8-6-4-3-5-7-8/h4-9,11,17H,1-3,10H2;3-7,9H,2H2,1H3. The zero-order valence-corrected chi connectivity index (χ0v) is 21.4. The minimum Gasteiger partial charge on any atom is -0.364 e. The molecular weight excluding hydrogens is 499 g/mol. The predicted molar refractivity (Wildman–Crippen MR) is 139 cm³/mol. The highest BCUT2D eigenvalue weighted by Crippen LogP contribution is 2.38. The van der Waals surface area contributed by atoms with Crippen molar-refractivity contribution in [2.24, 2.45) is 0 Å². The second kappa shape index (κ2) is 12.1. The highest BCUT2D eigenvalue weighted by Gasteiger charge is 2.26. The lowest BCUT2D eigenvalue weighted by molar-refractivity contribution is 0.473. The van der Waals surface area contributed by atoms with Gasteiger partial charge in [-0.05, 0) is 73.4 Å². The van der Waals surface area contributed by atoms with Crippen LogP contribution in [0.4, 0.5) is 5.69 Å². The van der Waals surface area contributed by atoms with Crippen LogP contribution in [0.1, 0.15) is 37.8 Å². The Morgan fingerprint density at radius 1 is 0.909 bits per heavy atom. The summed E-state index contributed by atoms with van der Waals surface area (Å²) in [4.78, 5) is 2.72. The zero-order chi connectivity index (χ0) is 23.8. The number of hydrogen-bond acceptors (Lipinski definition) is 3. The first kappa shape index (κ1) is 25.9. The SMILES string of the molecule is CCNS(=O)(=O)c1ccccc1.Clc1ccc(N2CCCCC2c2ccc(Cl)cc2Cl)cc1. The zero-order valence-electron chi connectivity index (χ0n) is 18.3. The van der Waals surface area contributed by atoms with E-state index in [1.54, 1.807) is 37.3 Å². The summed E-state index contributed by atoms with van der Waals surface area (Å²) in [6, 6.07) is 22.4. The number of anilines is 1. The Morgan fingerprint density at radius 2 is 1.58 bits per heavy atom. The minimum atomic E-state index is -3.26. The van der Waals surface area contributed by atoms with E-state index >= 15 is 0 Å². The Balaban J connectivity index is 0.000000218. The first-order valence-corrected chi connectivity index (χ1v) is 13.5. The number of benzene rings is 3. The molecule has 4 nitrogen and oxygen atoms in total. The molecule has 0 radical (unpaired) electrons. The number of hydrogen-bond donors (Lipinski definition) is 1. The molecule has 3 aromatic rings. The van der Waals surface area contributed by atoms with Crippen LogP contribution in [0.25, 0.3) is 0 Å². The molecule has 0 amide bonds. The second-order valence-electron chi connectivity index (χ2n) is 7.66. The Labute approximate surface area is 211 Å². The monoisotopic (exact) mass is 524 g/mol. The van der Waals surface area contributed by atoms with E-state index in [2.05, 4.69) is 21.8 Å². The average molecular weight is 526 g/mol. The smallest absolute Gasteiger partial charge is 0.240 e. The second-order valence-corrected chi connectivity index (χ2v) is 10.7. The molecule has 1 fully saturated rings. The number of sulfonamides is 1. The molecule has 1 atom stereocenters. The fourth-order valence-corrected chi connectivity index (χ4v) is 5.56. The van der Waals surface area contributed by atoms with E-state index in [1.165, 1.54) is 18.5 Å². The molecule has 0 aromatic heterocycles. The molecule has 1 aliphatic rings. The predicted octanol–water partition coefficient (Wildman–Crippen LogP) is 7.36. The number of rotatable bonds is 5. The van der Waals surface area contributed by atoms with Crippen LogP contribution in [-0.2, 0) is 10.0 Å². The van der Waals surface area contributed by atoms with Crippen LogP contribution in [0.5, 0.6) is 0 Å². The summed E-state index contributed by atoms with van der Waals surface area (Å²) in [5, 5.41) is 2.18. The maximum absolute atomic E-state index is 11.3. The topological polar surface area (TPSA) is 49.4 Å². The van der Waals surface area contributed by atoms with Gasteiger partial charge in [-0.2, -0.15) is 0 Å². The molecule has 33 heavy (non-hydrogen) atoms. The van der Waals surface area contributed by atoms with Gasteiger partial charge in [0.1, 0.15) is 0 Å². The van der Waals surface area contributed by atoms with Crippen molar-refractivity contribution in [2.45, 2.75) is 37.1 Å². The molecule has 1 saturated heterocycles. The quantitative estimate of drug-likeness (QED) is 0.378. The van der Waals surface area contributed by atoms with Crippen molar-refractivity contribution < 1.29 is 8.42 Å². The third-order valence-corrected chi connectivity index (χ3v) is 7.75. The first-order chi connectivity index (χ1) is 15.8. The van der Waals surface area contributed by atoms with Gasteiger partial charge < -0.3 is 4.90 Å². The van der Waals surface area contributed by atoms with E-state index in [9.17, 15) is 8.42 Å². The molecule has 1 unspecified atom stereocenters. The van der Waals surface area contributed by atoms with Crippen LogP contribution < -0.4 is 9.62 Å². The summed E-state index contributed by atoms with van der Waals surface area (Å²) < 4.78 is 25.1. The van der Waals surface area contributed by atoms with Gasteiger partial charge in [-0.1, -0.05) is 66.0 Å². The van der Waals surface area contributed by atoms with Gasteiger partial charge in [0.15, 0.2) is 0 Å². The van der Waals surface area contributed by atoms with Crippen molar-refractivity contribution in [3.05, 3.63) is 93.4 Å². The third-order valence-electron chi connectivity index (χ3n) is 5.37. The number of piperidine rings is 1. The van der Waals surface area contributed by atoms with E-state index < -0.39 is 10.0 Å². The Bertz CT molecular complexity index is 1140. The summed E-state index contributed by atoms with van der Waals surface area (Å²) in [5.74, 6) is 0. The molecular formula is C25H27Cl3N2O2S. The van der Waals surface area contributed by atoms with E-state index in [4.69, 9.17) is 34.8 Å². The maximum Gasteiger partial charge on any atom is 0.240 e. The van der Waals surface area contributed by atoms with Crippen molar-refractivity contribution in [1.82, 2.24) is 4.72 Å². The molecule has 1 aliphatic heterocycles. The van der Waals surface area contributed by atoms with Crippen LogP contribution in [0.2, 0.25) is 15.1 Å². The van der Waals surface area contributed by atoms with Gasteiger partial charge >= 0.3 is 0 Å². The van der Waals surface area contributed by atoms with Gasteiger partial charge in [0, 0.05) is 33.8 Å². The highest BCUT2D eigenvalue weighted by molar-refractivity contribution is 7.89. The lowest BCUT2D eigenvalue weighted by Crippen LogP contribution is -2.33. The van der Waals surface area contributed by atoms with Crippen LogP contribution in [0.3, 0.4) is 0 Å². The van der Waals surface area contributed by atoms with Gasteiger partial charge in [0.25, 0.3) is 0 Å². The summed E-state index contributed by atoms with van der Waals surface area (Å²) >= 11 is 18.4. The van der Waals surface area contributed by atoms with E-state index in [0.29, 0.717) is 22.5 Å². The normalized spacial score (nSPS) is 16.1.